The van der Waals surface area contributed by atoms with Gasteiger partial charge in [0.05, 0.1) is 0 Å². The van der Waals surface area contributed by atoms with Crippen LogP contribution in [-0.4, -0.2) is 43.0 Å². The van der Waals surface area contributed by atoms with Gasteiger partial charge >= 0.3 is 0 Å². The van der Waals surface area contributed by atoms with Crippen LogP contribution in [0.2, 0.25) is 0 Å². The van der Waals surface area contributed by atoms with Crippen LogP contribution in [0, 0.1) is 0 Å². The van der Waals surface area contributed by atoms with E-state index >= 15 is 0 Å². The molecule has 1 saturated heterocycles. The Balaban J connectivity index is 0.000000223. The minimum absolute atomic E-state index is 0.750. The molecule has 76 valence electrons. The summed E-state index contributed by atoms with van der Waals surface area (Å²) in [6.45, 7) is 2.56. The van der Waals surface area contributed by atoms with Crippen molar-refractivity contribution in [3.63, 3.8) is 0 Å². The molecule has 0 bridgehead atoms. The van der Waals surface area contributed by atoms with Crippen LogP contribution < -0.4 is 0 Å². The first-order valence-corrected chi connectivity index (χ1v) is 4.96. The normalized spacial score (nSPS) is 16.8. The fraction of sp³-hybridized carbons (Fsp3) is 0.667. The highest BCUT2D eigenvalue weighted by atomic mass is 31.0. The van der Waals surface area contributed by atoms with Crippen molar-refractivity contribution in [2.75, 3.05) is 27.2 Å². The van der Waals surface area contributed by atoms with E-state index in [1.807, 2.05) is 14.1 Å². The molecule has 0 radical (unpaired) electrons. The number of carbonyl (C=O) groups is 1. The first-order valence-electron chi connectivity index (χ1n) is 4.45. The summed E-state index contributed by atoms with van der Waals surface area (Å²) >= 11 is 0. The Morgan fingerprint density at radius 1 is 1.31 bits per heavy atom. The van der Waals surface area contributed by atoms with Crippen LogP contribution in [0.3, 0.4) is 0 Å². The maximum atomic E-state index is 9.60. The van der Waals surface area contributed by atoms with Crippen molar-refractivity contribution < 1.29 is 4.79 Å². The summed E-state index contributed by atoms with van der Waals surface area (Å²) in [5.74, 6) is 0. The molecule has 1 rings (SSSR count). The highest BCUT2D eigenvalue weighted by Crippen LogP contribution is 2.10. The van der Waals surface area contributed by atoms with Gasteiger partial charge in [-0.2, -0.15) is 0 Å². The molecule has 1 aliphatic heterocycles. The number of hydrogen-bond acceptors (Lipinski definition) is 3. The molecule has 0 amide bonds. The first-order chi connectivity index (χ1) is 6.16. The molecular formula is C9H19N2OP. The zero-order valence-corrected chi connectivity index (χ0v) is 9.60. The zero-order valence-electron chi connectivity index (χ0n) is 8.44. The highest BCUT2D eigenvalue weighted by molar-refractivity contribution is 7.13. The van der Waals surface area contributed by atoms with Crippen LogP contribution in [0.1, 0.15) is 12.8 Å². The molecule has 0 N–H and O–H groups in total. The van der Waals surface area contributed by atoms with Crippen molar-refractivity contribution in [3.8, 4) is 0 Å². The SMILES string of the molecule is CN(C)/C=C/C=O.PN1CCCC1. The van der Waals surface area contributed by atoms with Gasteiger partial charge in [0.25, 0.3) is 0 Å². The van der Waals surface area contributed by atoms with Crippen LogP contribution in [0.25, 0.3) is 0 Å². The highest BCUT2D eigenvalue weighted by Gasteiger charge is 2.03. The standard InChI is InChI=1S/C5H9NO.C4H10NP/c1-6(2)4-3-5-7;6-5-3-1-2-4-5/h3-5H,1-2H3;1-4,6H2/b4-3+;. The van der Waals surface area contributed by atoms with Gasteiger partial charge in [0.2, 0.25) is 0 Å². The molecule has 0 saturated carbocycles. The lowest BCUT2D eigenvalue weighted by Gasteiger charge is -2.00. The van der Waals surface area contributed by atoms with Crippen molar-refractivity contribution in [1.29, 1.82) is 0 Å². The number of carbonyl (C=O) groups excluding carboxylic acids is 1. The Kier molecular flexibility index (Phi) is 7.96. The van der Waals surface area contributed by atoms with Gasteiger partial charge in [-0.15, -0.1) is 0 Å². The number of hydrogen-bond donors (Lipinski definition) is 0. The van der Waals surface area contributed by atoms with Crippen molar-refractivity contribution in [3.05, 3.63) is 12.3 Å². The molecule has 3 nitrogen and oxygen atoms in total. The second-order valence-corrected chi connectivity index (χ2v) is 3.91. The van der Waals surface area contributed by atoms with Crippen LogP contribution in [0.4, 0.5) is 0 Å². The largest absolute Gasteiger partial charge is 0.383 e. The van der Waals surface area contributed by atoms with Gasteiger partial charge in [0.1, 0.15) is 6.29 Å². The number of nitrogens with zero attached hydrogens (tertiary/aromatic N) is 2. The molecule has 1 aliphatic rings. The Morgan fingerprint density at radius 2 is 1.85 bits per heavy atom. The van der Waals surface area contributed by atoms with Gasteiger partial charge in [-0.3, -0.25) is 9.46 Å². The van der Waals surface area contributed by atoms with Crippen LogP contribution in [0.5, 0.6) is 0 Å². The smallest absolute Gasteiger partial charge is 0.144 e. The Labute approximate surface area is 83.0 Å². The summed E-state index contributed by atoms with van der Waals surface area (Å²) in [5.41, 5.74) is 0. The molecular weight excluding hydrogens is 183 g/mol. The molecule has 13 heavy (non-hydrogen) atoms. The topological polar surface area (TPSA) is 23.6 Å². The minimum Gasteiger partial charge on any atom is -0.383 e. The molecule has 1 heterocycles. The third-order valence-electron chi connectivity index (χ3n) is 1.60. The number of aldehydes is 1. The van der Waals surface area contributed by atoms with E-state index in [0.717, 1.165) is 6.29 Å². The van der Waals surface area contributed by atoms with E-state index in [2.05, 4.69) is 14.1 Å². The van der Waals surface area contributed by atoms with Gasteiger partial charge in [0.15, 0.2) is 0 Å². The van der Waals surface area contributed by atoms with E-state index in [1.54, 1.807) is 11.1 Å². The molecule has 4 heteroatoms. The molecule has 1 atom stereocenters. The number of rotatable bonds is 2. The Hall–Kier alpha value is -0.400. The lowest BCUT2D eigenvalue weighted by atomic mass is 10.4. The predicted octanol–water partition coefficient (Wildman–Crippen LogP) is 1.13. The number of allylic oxidation sites excluding steroid dienone is 1. The minimum atomic E-state index is 0.750. The quantitative estimate of drug-likeness (QED) is 0.381. The van der Waals surface area contributed by atoms with Crippen LogP contribution >= 0.6 is 9.39 Å². The molecule has 0 aromatic heterocycles. The lowest BCUT2D eigenvalue weighted by molar-refractivity contribution is -0.104. The third-order valence-corrected chi connectivity index (χ3v) is 2.12. The summed E-state index contributed by atoms with van der Waals surface area (Å²) in [6, 6.07) is 0. The van der Waals surface area contributed by atoms with Crippen LogP contribution in [0.15, 0.2) is 12.3 Å². The molecule has 1 fully saturated rings. The average molecular weight is 202 g/mol. The second-order valence-electron chi connectivity index (χ2n) is 3.18. The van der Waals surface area contributed by atoms with Gasteiger partial charge < -0.3 is 4.90 Å². The summed E-state index contributed by atoms with van der Waals surface area (Å²) in [7, 11) is 6.43. The fourth-order valence-electron chi connectivity index (χ4n) is 0.949. The van der Waals surface area contributed by atoms with E-state index in [4.69, 9.17) is 0 Å². The Bertz CT molecular complexity index is 154. The van der Waals surface area contributed by atoms with Crippen molar-refractivity contribution in [2.45, 2.75) is 12.8 Å². The second kappa shape index (κ2) is 8.21. The van der Waals surface area contributed by atoms with Gasteiger partial charge in [0, 0.05) is 33.4 Å². The van der Waals surface area contributed by atoms with Crippen molar-refractivity contribution >= 4 is 15.7 Å². The predicted molar refractivity (Wildman–Crippen MR) is 59.4 cm³/mol. The van der Waals surface area contributed by atoms with E-state index in [0.29, 0.717) is 0 Å². The third kappa shape index (κ3) is 9.51. The lowest BCUT2D eigenvalue weighted by Crippen LogP contribution is -2.01. The summed E-state index contributed by atoms with van der Waals surface area (Å²) in [4.78, 5) is 11.4. The Morgan fingerprint density at radius 3 is 2.00 bits per heavy atom. The van der Waals surface area contributed by atoms with Crippen LogP contribution in [-0.2, 0) is 4.79 Å². The average Bonchev–Trinajstić information content (AvgIpc) is 2.53. The van der Waals surface area contributed by atoms with Gasteiger partial charge in [-0.05, 0) is 18.9 Å². The molecule has 1 unspecified atom stereocenters. The monoisotopic (exact) mass is 202 g/mol. The first kappa shape index (κ1) is 12.6. The van der Waals surface area contributed by atoms with Crippen molar-refractivity contribution in [1.82, 2.24) is 9.57 Å². The molecule has 0 aromatic rings. The summed E-state index contributed by atoms with van der Waals surface area (Å²) < 4.78 is 2.28. The zero-order chi connectivity index (χ0) is 10.1. The summed E-state index contributed by atoms with van der Waals surface area (Å²) in [6.07, 6.45) is 6.67. The van der Waals surface area contributed by atoms with E-state index in [1.165, 1.54) is 32.0 Å². The molecule has 0 spiro atoms. The van der Waals surface area contributed by atoms with E-state index in [-0.39, 0.29) is 0 Å². The molecule has 0 aromatic carbocycles. The van der Waals surface area contributed by atoms with Gasteiger partial charge in [-0.25, -0.2) is 0 Å². The van der Waals surface area contributed by atoms with Gasteiger partial charge in [-0.1, -0.05) is 9.39 Å². The van der Waals surface area contributed by atoms with Crippen molar-refractivity contribution in [2.24, 2.45) is 0 Å². The van der Waals surface area contributed by atoms with E-state index < -0.39 is 0 Å². The maximum absolute atomic E-state index is 9.60. The summed E-state index contributed by atoms with van der Waals surface area (Å²) in [5, 5.41) is 0. The van der Waals surface area contributed by atoms with E-state index in [9.17, 15) is 4.79 Å². The fourth-order valence-corrected chi connectivity index (χ4v) is 1.31. The maximum Gasteiger partial charge on any atom is 0.144 e. The molecule has 0 aliphatic carbocycles.